The van der Waals surface area contributed by atoms with Gasteiger partial charge in [-0.25, -0.2) is 9.37 Å². The van der Waals surface area contributed by atoms with Gasteiger partial charge < -0.3 is 5.11 Å². The van der Waals surface area contributed by atoms with Gasteiger partial charge in [0.25, 0.3) is 5.56 Å². The van der Waals surface area contributed by atoms with Gasteiger partial charge >= 0.3 is 0 Å². The lowest BCUT2D eigenvalue weighted by Crippen LogP contribution is -2.23. The van der Waals surface area contributed by atoms with Gasteiger partial charge in [0.1, 0.15) is 10.5 Å². The van der Waals surface area contributed by atoms with E-state index in [2.05, 4.69) is 4.98 Å². The van der Waals surface area contributed by atoms with E-state index < -0.39 is 11.9 Å². The maximum Gasteiger partial charge on any atom is 0.271 e. The summed E-state index contributed by atoms with van der Waals surface area (Å²) in [5, 5.41) is 11.9. The average molecular weight is 290 g/mol. The standard InChI is InChI=1S/C14H11FN2O2S/c15-10-3-1-2-9(6-10)12(18)7-17-8-16-11-4-5-20-13(11)14(17)19/h1-6,8,12,18H,7H2. The van der Waals surface area contributed by atoms with Gasteiger partial charge in [0, 0.05) is 0 Å². The van der Waals surface area contributed by atoms with Gasteiger partial charge in [-0.15, -0.1) is 11.3 Å². The van der Waals surface area contributed by atoms with E-state index in [-0.39, 0.29) is 12.1 Å². The highest BCUT2D eigenvalue weighted by molar-refractivity contribution is 7.17. The summed E-state index contributed by atoms with van der Waals surface area (Å²) >= 11 is 1.32. The summed E-state index contributed by atoms with van der Waals surface area (Å²) in [7, 11) is 0. The molecule has 20 heavy (non-hydrogen) atoms. The molecular formula is C14H11FN2O2S. The lowest BCUT2D eigenvalue weighted by atomic mass is 10.1. The van der Waals surface area contributed by atoms with Crippen molar-refractivity contribution in [2.75, 3.05) is 0 Å². The third-order valence-electron chi connectivity index (χ3n) is 3.04. The normalized spacial score (nSPS) is 12.7. The fourth-order valence-electron chi connectivity index (χ4n) is 2.01. The van der Waals surface area contributed by atoms with Crippen LogP contribution >= 0.6 is 11.3 Å². The van der Waals surface area contributed by atoms with E-state index >= 15 is 0 Å². The minimum absolute atomic E-state index is 0.0448. The largest absolute Gasteiger partial charge is 0.387 e. The molecule has 2 heterocycles. The highest BCUT2D eigenvalue weighted by Crippen LogP contribution is 2.17. The minimum Gasteiger partial charge on any atom is -0.387 e. The monoisotopic (exact) mass is 290 g/mol. The molecule has 0 aliphatic rings. The molecule has 1 N–H and O–H groups in total. The molecule has 0 aliphatic heterocycles. The van der Waals surface area contributed by atoms with E-state index in [1.165, 1.54) is 40.4 Å². The van der Waals surface area contributed by atoms with E-state index in [1.54, 1.807) is 17.5 Å². The fourth-order valence-corrected chi connectivity index (χ4v) is 2.81. The van der Waals surface area contributed by atoms with Crippen molar-refractivity contribution in [3.63, 3.8) is 0 Å². The Morgan fingerprint density at radius 1 is 1.40 bits per heavy atom. The lowest BCUT2D eigenvalue weighted by Gasteiger charge is -2.12. The topological polar surface area (TPSA) is 55.1 Å². The fraction of sp³-hybridized carbons (Fsp3) is 0.143. The quantitative estimate of drug-likeness (QED) is 0.805. The zero-order valence-electron chi connectivity index (χ0n) is 10.4. The summed E-state index contributed by atoms with van der Waals surface area (Å²) in [5.74, 6) is -0.416. The zero-order chi connectivity index (χ0) is 14.1. The van der Waals surface area contributed by atoms with Crippen LogP contribution in [0.25, 0.3) is 10.2 Å². The van der Waals surface area contributed by atoms with Crippen molar-refractivity contribution < 1.29 is 9.50 Å². The zero-order valence-corrected chi connectivity index (χ0v) is 11.2. The molecule has 0 aliphatic carbocycles. The second kappa shape index (κ2) is 5.15. The predicted molar refractivity (Wildman–Crippen MR) is 75.2 cm³/mol. The molecule has 3 aromatic rings. The summed E-state index contributed by atoms with van der Waals surface area (Å²) in [6.07, 6.45) is 0.447. The van der Waals surface area contributed by atoms with Crippen LogP contribution in [0.3, 0.4) is 0 Å². The number of nitrogens with zero attached hydrogens (tertiary/aromatic N) is 2. The van der Waals surface area contributed by atoms with Crippen molar-refractivity contribution in [1.29, 1.82) is 0 Å². The van der Waals surface area contributed by atoms with E-state index in [0.717, 1.165) is 0 Å². The Morgan fingerprint density at radius 2 is 2.25 bits per heavy atom. The second-order valence-corrected chi connectivity index (χ2v) is 5.32. The van der Waals surface area contributed by atoms with Crippen LogP contribution in [0, 0.1) is 5.82 Å². The molecule has 0 fully saturated rings. The molecule has 4 nitrogen and oxygen atoms in total. The van der Waals surface area contributed by atoms with Crippen LogP contribution < -0.4 is 5.56 Å². The van der Waals surface area contributed by atoms with Gasteiger partial charge in [-0.05, 0) is 29.1 Å². The molecule has 3 rings (SSSR count). The minimum atomic E-state index is -0.956. The molecule has 0 saturated heterocycles. The van der Waals surface area contributed by atoms with Crippen molar-refractivity contribution in [3.8, 4) is 0 Å². The molecule has 6 heteroatoms. The number of benzene rings is 1. The van der Waals surface area contributed by atoms with Gasteiger partial charge in [-0.2, -0.15) is 0 Å². The smallest absolute Gasteiger partial charge is 0.271 e. The molecule has 0 bridgehead atoms. The van der Waals surface area contributed by atoms with E-state index in [4.69, 9.17) is 0 Å². The first-order valence-electron chi connectivity index (χ1n) is 6.01. The van der Waals surface area contributed by atoms with Crippen LogP contribution in [0.4, 0.5) is 4.39 Å². The highest BCUT2D eigenvalue weighted by atomic mass is 32.1. The van der Waals surface area contributed by atoms with E-state index in [1.807, 2.05) is 0 Å². The van der Waals surface area contributed by atoms with E-state index in [0.29, 0.717) is 15.8 Å². The van der Waals surface area contributed by atoms with Crippen LogP contribution in [-0.2, 0) is 6.54 Å². The molecule has 1 aromatic carbocycles. The van der Waals surface area contributed by atoms with Gasteiger partial charge in [0.15, 0.2) is 0 Å². The van der Waals surface area contributed by atoms with Gasteiger partial charge in [0.05, 0.1) is 24.5 Å². The summed E-state index contributed by atoms with van der Waals surface area (Å²) in [6, 6.07) is 7.48. The van der Waals surface area contributed by atoms with Gasteiger partial charge in [-0.3, -0.25) is 9.36 Å². The number of aliphatic hydroxyl groups is 1. The Labute approximate surface area is 117 Å². The number of fused-ring (bicyclic) bond motifs is 1. The Kier molecular flexibility index (Phi) is 3.33. The summed E-state index contributed by atoms with van der Waals surface area (Å²) in [5.41, 5.74) is 0.889. The average Bonchev–Trinajstić information content (AvgIpc) is 2.91. The van der Waals surface area contributed by atoms with Crippen LogP contribution in [0.1, 0.15) is 11.7 Å². The molecule has 102 valence electrons. The first-order chi connectivity index (χ1) is 9.65. The number of hydrogen-bond acceptors (Lipinski definition) is 4. The van der Waals surface area contributed by atoms with Crippen LogP contribution in [-0.4, -0.2) is 14.7 Å². The molecule has 0 spiro atoms. The summed E-state index contributed by atoms with van der Waals surface area (Å²) in [6.45, 7) is 0.0448. The number of aliphatic hydroxyl groups excluding tert-OH is 1. The number of hydrogen-bond donors (Lipinski definition) is 1. The molecule has 0 amide bonds. The summed E-state index contributed by atoms with van der Waals surface area (Å²) in [4.78, 5) is 16.3. The van der Waals surface area contributed by atoms with Crippen LogP contribution in [0.15, 0.2) is 46.8 Å². The summed E-state index contributed by atoms with van der Waals surface area (Å²) < 4.78 is 15.0. The van der Waals surface area contributed by atoms with Crippen molar-refractivity contribution in [2.45, 2.75) is 12.6 Å². The van der Waals surface area contributed by atoms with Crippen molar-refractivity contribution >= 4 is 21.6 Å². The maximum absolute atomic E-state index is 13.1. The van der Waals surface area contributed by atoms with Crippen molar-refractivity contribution in [1.82, 2.24) is 9.55 Å². The Bertz CT molecular complexity index is 812. The molecule has 0 saturated carbocycles. The van der Waals surface area contributed by atoms with Crippen molar-refractivity contribution in [3.05, 3.63) is 63.8 Å². The maximum atomic E-state index is 13.1. The Hall–Kier alpha value is -2.05. The second-order valence-electron chi connectivity index (χ2n) is 4.41. The molecule has 0 radical (unpaired) electrons. The first kappa shape index (κ1) is 13.0. The first-order valence-corrected chi connectivity index (χ1v) is 6.89. The molecule has 1 unspecified atom stereocenters. The SMILES string of the molecule is O=c1c2sccc2ncn1CC(O)c1cccc(F)c1. The lowest BCUT2D eigenvalue weighted by molar-refractivity contribution is 0.154. The third kappa shape index (κ3) is 2.35. The van der Waals surface area contributed by atoms with E-state index in [9.17, 15) is 14.3 Å². The third-order valence-corrected chi connectivity index (χ3v) is 3.93. The number of rotatable bonds is 3. The predicted octanol–water partition coefficient (Wildman–Crippen LogP) is 2.33. The molecule has 1 atom stereocenters. The number of aromatic nitrogens is 2. The van der Waals surface area contributed by atoms with Crippen molar-refractivity contribution in [2.24, 2.45) is 0 Å². The number of halogens is 1. The highest BCUT2D eigenvalue weighted by Gasteiger charge is 2.12. The van der Waals surface area contributed by atoms with Crippen LogP contribution in [0.5, 0.6) is 0 Å². The van der Waals surface area contributed by atoms with Crippen LogP contribution in [0.2, 0.25) is 0 Å². The Morgan fingerprint density at radius 3 is 3.05 bits per heavy atom. The molecular weight excluding hydrogens is 279 g/mol. The molecule has 2 aromatic heterocycles. The van der Waals surface area contributed by atoms with Gasteiger partial charge in [0.2, 0.25) is 0 Å². The van der Waals surface area contributed by atoms with Gasteiger partial charge in [-0.1, -0.05) is 12.1 Å². The Balaban J connectivity index is 1.93. The number of thiophene rings is 1.